The Kier molecular flexibility index (Phi) is 2.80. The van der Waals surface area contributed by atoms with Crippen LogP contribution in [0.2, 0.25) is 0 Å². The smallest absolute Gasteiger partial charge is 0.231 e. The molecule has 0 amide bonds. The summed E-state index contributed by atoms with van der Waals surface area (Å²) in [6.07, 6.45) is 0. The molecule has 0 radical (unpaired) electrons. The Morgan fingerprint density at radius 1 is 1.44 bits per heavy atom. The highest BCUT2D eigenvalue weighted by atomic mass is 16.7. The average Bonchev–Trinajstić information content (AvgIpc) is 2.73. The van der Waals surface area contributed by atoms with Crippen LogP contribution < -0.4 is 9.47 Å². The number of Topliss-reactive ketones (excluding diaryl/α,β-unsaturated/α-hetero) is 1. The Morgan fingerprint density at radius 3 is 2.81 bits per heavy atom. The lowest BCUT2D eigenvalue weighted by Crippen LogP contribution is -2.33. The number of hydroxylamine groups is 2. The van der Waals surface area contributed by atoms with Crippen LogP contribution in [0.1, 0.15) is 17.3 Å². The van der Waals surface area contributed by atoms with Gasteiger partial charge in [0.1, 0.15) is 0 Å². The lowest BCUT2D eigenvalue weighted by Gasteiger charge is -2.16. The molecule has 2 rings (SSSR count). The minimum Gasteiger partial charge on any atom is -0.454 e. The molecule has 0 saturated carbocycles. The van der Waals surface area contributed by atoms with Gasteiger partial charge in [0, 0.05) is 12.6 Å². The van der Waals surface area contributed by atoms with E-state index in [0.717, 1.165) is 5.06 Å². The number of benzene rings is 1. The Hall–Kier alpha value is -1.59. The number of likely N-dealkylation sites (N-methyl/N-ethyl adjacent to an activating group) is 1. The lowest BCUT2D eigenvalue weighted by molar-refractivity contribution is -0.0849. The first-order chi connectivity index (χ1) is 7.59. The number of ketones is 1. The van der Waals surface area contributed by atoms with E-state index in [2.05, 4.69) is 0 Å². The van der Waals surface area contributed by atoms with Crippen molar-refractivity contribution in [3.05, 3.63) is 23.8 Å². The van der Waals surface area contributed by atoms with E-state index >= 15 is 0 Å². The summed E-state index contributed by atoms with van der Waals surface area (Å²) in [5.74, 6) is 1.04. The maximum atomic E-state index is 11.9. The lowest BCUT2D eigenvalue weighted by atomic mass is 10.0. The zero-order chi connectivity index (χ0) is 11.7. The normalized spacial score (nSPS) is 15.2. The van der Waals surface area contributed by atoms with Gasteiger partial charge in [0.15, 0.2) is 17.3 Å². The van der Waals surface area contributed by atoms with Gasteiger partial charge < -0.3 is 14.7 Å². The summed E-state index contributed by atoms with van der Waals surface area (Å²) in [4.78, 5) is 11.9. The third-order valence-electron chi connectivity index (χ3n) is 2.60. The van der Waals surface area contributed by atoms with Crippen molar-refractivity contribution < 1.29 is 19.5 Å². The van der Waals surface area contributed by atoms with Gasteiger partial charge in [-0.1, -0.05) is 0 Å². The number of carbonyl (C=O) groups is 1. The van der Waals surface area contributed by atoms with E-state index in [1.165, 1.54) is 7.05 Å². The first-order valence-corrected chi connectivity index (χ1v) is 4.95. The second-order valence-corrected chi connectivity index (χ2v) is 3.68. The van der Waals surface area contributed by atoms with Crippen LogP contribution in [-0.2, 0) is 0 Å². The molecule has 1 N–H and O–H groups in total. The molecular weight excluding hydrogens is 210 g/mol. The SMILES string of the molecule is C[C@H](C(=O)c1ccc2c(c1)OCO2)N(C)O. The van der Waals surface area contributed by atoms with Gasteiger partial charge in [0.05, 0.1) is 6.04 Å². The summed E-state index contributed by atoms with van der Waals surface area (Å²) in [6.45, 7) is 1.81. The van der Waals surface area contributed by atoms with Crippen molar-refractivity contribution in [1.29, 1.82) is 0 Å². The second-order valence-electron chi connectivity index (χ2n) is 3.68. The molecule has 1 atom stereocenters. The standard InChI is InChI=1S/C11H13NO4/c1-7(12(2)14)11(13)8-3-4-9-10(5-8)16-6-15-9/h3-5,7,14H,6H2,1-2H3/t7-/m1/s1. The molecule has 0 spiro atoms. The van der Waals surface area contributed by atoms with E-state index in [1.807, 2.05) is 0 Å². The van der Waals surface area contributed by atoms with Crippen molar-refractivity contribution in [2.75, 3.05) is 13.8 Å². The van der Waals surface area contributed by atoms with Crippen molar-refractivity contribution in [2.45, 2.75) is 13.0 Å². The van der Waals surface area contributed by atoms with Crippen LogP contribution in [0.4, 0.5) is 0 Å². The van der Waals surface area contributed by atoms with Crippen LogP contribution in [0.5, 0.6) is 11.5 Å². The highest BCUT2D eigenvalue weighted by Gasteiger charge is 2.21. The number of nitrogens with zero attached hydrogens (tertiary/aromatic N) is 1. The minimum atomic E-state index is -0.583. The Balaban J connectivity index is 2.25. The van der Waals surface area contributed by atoms with Crippen molar-refractivity contribution in [2.24, 2.45) is 0 Å². The van der Waals surface area contributed by atoms with Crippen LogP contribution in [0, 0.1) is 0 Å². The van der Waals surface area contributed by atoms with E-state index in [9.17, 15) is 10.0 Å². The maximum absolute atomic E-state index is 11.9. The molecule has 1 aromatic rings. The molecule has 0 aromatic heterocycles. The summed E-state index contributed by atoms with van der Waals surface area (Å²) in [5.41, 5.74) is 0.498. The molecule has 5 nitrogen and oxygen atoms in total. The van der Waals surface area contributed by atoms with Crippen LogP contribution in [0.25, 0.3) is 0 Å². The first kappa shape index (κ1) is 10.9. The van der Waals surface area contributed by atoms with Crippen LogP contribution in [0.15, 0.2) is 18.2 Å². The second kappa shape index (κ2) is 4.11. The van der Waals surface area contributed by atoms with Crippen molar-refractivity contribution in [3.8, 4) is 11.5 Å². The minimum absolute atomic E-state index is 0.164. The Morgan fingerprint density at radius 2 is 2.12 bits per heavy atom. The first-order valence-electron chi connectivity index (χ1n) is 4.95. The number of carbonyl (C=O) groups excluding carboxylic acids is 1. The van der Waals surface area contributed by atoms with E-state index in [1.54, 1.807) is 25.1 Å². The number of hydrogen-bond donors (Lipinski definition) is 1. The molecule has 16 heavy (non-hydrogen) atoms. The molecule has 1 heterocycles. The van der Waals surface area contributed by atoms with Crippen LogP contribution >= 0.6 is 0 Å². The third-order valence-corrected chi connectivity index (χ3v) is 2.60. The molecule has 1 aliphatic heterocycles. The predicted molar refractivity (Wildman–Crippen MR) is 55.9 cm³/mol. The van der Waals surface area contributed by atoms with Crippen LogP contribution in [-0.4, -0.2) is 35.9 Å². The maximum Gasteiger partial charge on any atom is 0.231 e. The topological polar surface area (TPSA) is 59.0 Å². The molecule has 1 aromatic carbocycles. The number of ether oxygens (including phenoxy) is 2. The van der Waals surface area contributed by atoms with Crippen LogP contribution in [0.3, 0.4) is 0 Å². The molecule has 86 valence electrons. The largest absolute Gasteiger partial charge is 0.454 e. The quantitative estimate of drug-likeness (QED) is 0.618. The molecule has 0 unspecified atom stereocenters. The number of rotatable bonds is 3. The van der Waals surface area contributed by atoms with Gasteiger partial charge in [-0.3, -0.25) is 4.79 Å². The summed E-state index contributed by atoms with van der Waals surface area (Å²) in [5, 5.41) is 10.1. The van der Waals surface area contributed by atoms with E-state index in [0.29, 0.717) is 17.1 Å². The van der Waals surface area contributed by atoms with Gasteiger partial charge in [0.25, 0.3) is 0 Å². The number of fused-ring (bicyclic) bond motifs is 1. The Bertz CT molecular complexity index is 416. The van der Waals surface area contributed by atoms with Gasteiger partial charge in [0.2, 0.25) is 6.79 Å². The third kappa shape index (κ3) is 1.87. The van der Waals surface area contributed by atoms with E-state index < -0.39 is 6.04 Å². The van der Waals surface area contributed by atoms with E-state index in [-0.39, 0.29) is 12.6 Å². The highest BCUT2D eigenvalue weighted by molar-refractivity contribution is 6.00. The fraction of sp³-hybridized carbons (Fsp3) is 0.364. The fourth-order valence-electron chi connectivity index (χ4n) is 1.46. The monoisotopic (exact) mass is 223 g/mol. The van der Waals surface area contributed by atoms with Crippen molar-refractivity contribution >= 4 is 5.78 Å². The molecule has 0 fully saturated rings. The molecule has 1 aliphatic rings. The molecule has 0 saturated heterocycles. The summed E-state index contributed by atoms with van der Waals surface area (Å²) >= 11 is 0. The predicted octanol–water partition coefficient (Wildman–Crippen LogP) is 1.31. The highest BCUT2D eigenvalue weighted by Crippen LogP contribution is 2.32. The zero-order valence-electron chi connectivity index (χ0n) is 9.14. The molecular formula is C11H13NO4. The molecule has 0 aliphatic carbocycles. The Labute approximate surface area is 93.1 Å². The summed E-state index contributed by atoms with van der Waals surface area (Å²) in [7, 11) is 1.44. The average molecular weight is 223 g/mol. The fourth-order valence-corrected chi connectivity index (χ4v) is 1.46. The molecule has 0 bridgehead atoms. The van der Waals surface area contributed by atoms with E-state index in [4.69, 9.17) is 9.47 Å². The van der Waals surface area contributed by atoms with Crippen molar-refractivity contribution in [1.82, 2.24) is 5.06 Å². The van der Waals surface area contributed by atoms with Gasteiger partial charge in [-0.15, -0.1) is 0 Å². The summed E-state index contributed by atoms with van der Waals surface area (Å²) in [6, 6.07) is 4.40. The molecule has 5 heteroatoms. The van der Waals surface area contributed by atoms with Gasteiger partial charge in [-0.25, -0.2) is 0 Å². The number of hydrogen-bond acceptors (Lipinski definition) is 5. The van der Waals surface area contributed by atoms with Crippen molar-refractivity contribution in [3.63, 3.8) is 0 Å². The zero-order valence-corrected chi connectivity index (χ0v) is 9.14. The van der Waals surface area contributed by atoms with Gasteiger partial charge >= 0.3 is 0 Å². The summed E-state index contributed by atoms with van der Waals surface area (Å²) < 4.78 is 10.3. The van der Waals surface area contributed by atoms with Gasteiger partial charge in [-0.2, -0.15) is 5.06 Å². The van der Waals surface area contributed by atoms with Gasteiger partial charge in [-0.05, 0) is 25.1 Å².